The van der Waals surface area contributed by atoms with Crippen LogP contribution in [0.4, 0.5) is 19.1 Å². The zero-order valence-electron chi connectivity index (χ0n) is 11.6. The third-order valence-electron chi connectivity index (χ3n) is 2.55. The van der Waals surface area contributed by atoms with E-state index in [1.54, 1.807) is 17.2 Å². The molecule has 22 heavy (non-hydrogen) atoms. The van der Waals surface area contributed by atoms with Gasteiger partial charge in [0.15, 0.2) is 0 Å². The number of carbonyl (C=O) groups is 1. The van der Waals surface area contributed by atoms with E-state index in [9.17, 15) is 18.0 Å². The molecule has 2 rings (SSSR count). The third-order valence-corrected chi connectivity index (χ3v) is 2.55. The summed E-state index contributed by atoms with van der Waals surface area (Å²) >= 11 is 0. The van der Waals surface area contributed by atoms with E-state index in [1.807, 2.05) is 6.92 Å². The maximum Gasteiger partial charge on any atom is 0.451 e. The zero-order valence-corrected chi connectivity index (χ0v) is 11.6. The quantitative estimate of drug-likeness (QED) is 0.889. The number of H-pyrrole nitrogens is 1. The molecule has 0 saturated carbocycles. The molecule has 1 aromatic carbocycles. The maximum atomic E-state index is 12.4. The van der Waals surface area contributed by atoms with E-state index >= 15 is 0 Å². The van der Waals surface area contributed by atoms with Gasteiger partial charge in [-0.25, -0.2) is 0 Å². The summed E-state index contributed by atoms with van der Waals surface area (Å²) in [6, 6.07) is 6.29. The summed E-state index contributed by atoms with van der Waals surface area (Å²) < 4.78 is 42.5. The molecule has 2 aromatic rings. The van der Waals surface area contributed by atoms with Crippen molar-refractivity contribution >= 4 is 11.9 Å². The molecule has 118 valence electrons. The van der Waals surface area contributed by atoms with Crippen LogP contribution in [-0.4, -0.2) is 27.7 Å². The van der Waals surface area contributed by atoms with Crippen LogP contribution < -0.4 is 10.1 Å². The fraction of sp³-hybridized carbons (Fsp3) is 0.308. The fourth-order valence-electron chi connectivity index (χ4n) is 1.57. The molecule has 6 nitrogen and oxygen atoms in total. The molecule has 0 aliphatic carbocycles. The SMILES string of the molecule is CCCOc1cccc(C(=O)Nc2n[nH]c(C(F)(F)F)n2)c1. The first-order chi connectivity index (χ1) is 10.4. The van der Waals surface area contributed by atoms with Crippen LogP contribution in [0, 0.1) is 0 Å². The minimum absolute atomic E-state index is 0.229. The number of rotatable bonds is 5. The van der Waals surface area contributed by atoms with Crippen molar-refractivity contribution in [2.45, 2.75) is 19.5 Å². The van der Waals surface area contributed by atoms with Crippen LogP contribution in [0.1, 0.15) is 29.5 Å². The minimum atomic E-state index is -4.65. The summed E-state index contributed by atoms with van der Waals surface area (Å²) in [6.45, 7) is 2.44. The number of carbonyl (C=O) groups excluding carboxylic acids is 1. The molecular formula is C13H13F3N4O2. The molecule has 0 aliphatic heterocycles. The van der Waals surface area contributed by atoms with Crippen LogP contribution in [-0.2, 0) is 6.18 Å². The molecule has 0 spiro atoms. The van der Waals surface area contributed by atoms with Crippen LogP contribution in [0.25, 0.3) is 0 Å². The number of ether oxygens (including phenoxy) is 1. The molecule has 0 atom stereocenters. The Balaban J connectivity index is 2.07. The molecule has 1 amide bonds. The topological polar surface area (TPSA) is 79.9 Å². The highest BCUT2D eigenvalue weighted by atomic mass is 19.4. The van der Waals surface area contributed by atoms with Crippen LogP contribution in [0.5, 0.6) is 5.75 Å². The summed E-state index contributed by atoms with van der Waals surface area (Å²) in [6.07, 6.45) is -3.84. The van der Waals surface area contributed by atoms with Crippen LogP contribution in [0.3, 0.4) is 0 Å². The average molecular weight is 314 g/mol. The number of aromatic nitrogens is 3. The highest BCUT2D eigenvalue weighted by molar-refractivity contribution is 6.03. The van der Waals surface area contributed by atoms with Crippen molar-refractivity contribution in [2.24, 2.45) is 0 Å². The van der Waals surface area contributed by atoms with Gasteiger partial charge in [0, 0.05) is 5.56 Å². The molecule has 9 heteroatoms. The second-order valence-electron chi connectivity index (χ2n) is 4.34. The first-order valence-electron chi connectivity index (χ1n) is 6.44. The van der Waals surface area contributed by atoms with Crippen molar-refractivity contribution < 1.29 is 22.7 Å². The number of benzene rings is 1. The Labute approximate surface area is 123 Å². The lowest BCUT2D eigenvalue weighted by Crippen LogP contribution is -2.13. The molecular weight excluding hydrogens is 301 g/mol. The number of nitrogens with one attached hydrogen (secondary N) is 2. The highest BCUT2D eigenvalue weighted by Crippen LogP contribution is 2.26. The molecule has 0 aliphatic rings. The Morgan fingerprint density at radius 1 is 1.41 bits per heavy atom. The molecule has 0 radical (unpaired) electrons. The lowest BCUT2D eigenvalue weighted by molar-refractivity contribution is -0.144. The first kappa shape index (κ1) is 15.8. The van der Waals surface area contributed by atoms with Crippen LogP contribution in [0.2, 0.25) is 0 Å². The number of halogens is 3. The van der Waals surface area contributed by atoms with Gasteiger partial charge in [-0.3, -0.25) is 15.2 Å². The van der Waals surface area contributed by atoms with Crippen molar-refractivity contribution in [2.75, 3.05) is 11.9 Å². The monoisotopic (exact) mass is 314 g/mol. The first-order valence-corrected chi connectivity index (χ1v) is 6.44. The van der Waals surface area contributed by atoms with E-state index in [4.69, 9.17) is 4.74 Å². The Morgan fingerprint density at radius 2 is 2.18 bits per heavy atom. The molecule has 0 bridgehead atoms. The predicted molar refractivity (Wildman–Crippen MR) is 71.6 cm³/mol. The van der Waals surface area contributed by atoms with Crippen molar-refractivity contribution in [1.29, 1.82) is 0 Å². The van der Waals surface area contributed by atoms with E-state index in [1.165, 1.54) is 12.1 Å². The second kappa shape index (κ2) is 6.46. The molecule has 1 heterocycles. The van der Waals surface area contributed by atoms with Gasteiger partial charge in [0.1, 0.15) is 5.75 Å². The van der Waals surface area contributed by atoms with Crippen LogP contribution in [0.15, 0.2) is 24.3 Å². The van der Waals surface area contributed by atoms with Gasteiger partial charge < -0.3 is 4.74 Å². The summed E-state index contributed by atoms with van der Waals surface area (Å²) in [7, 11) is 0. The summed E-state index contributed by atoms with van der Waals surface area (Å²) in [5.41, 5.74) is 0.229. The lowest BCUT2D eigenvalue weighted by atomic mass is 10.2. The number of hydrogen-bond acceptors (Lipinski definition) is 4. The minimum Gasteiger partial charge on any atom is -0.494 e. The smallest absolute Gasteiger partial charge is 0.451 e. The third kappa shape index (κ3) is 3.96. The Kier molecular flexibility index (Phi) is 4.64. The van der Waals surface area contributed by atoms with Crippen molar-refractivity contribution in [3.63, 3.8) is 0 Å². The Morgan fingerprint density at radius 3 is 2.82 bits per heavy atom. The van der Waals surface area contributed by atoms with Crippen LogP contribution >= 0.6 is 0 Å². The van der Waals surface area contributed by atoms with Gasteiger partial charge in [-0.05, 0) is 24.6 Å². The van der Waals surface area contributed by atoms with E-state index in [0.717, 1.165) is 6.42 Å². The van der Waals surface area contributed by atoms with E-state index < -0.39 is 23.9 Å². The van der Waals surface area contributed by atoms with Gasteiger partial charge in [0.25, 0.3) is 5.91 Å². The number of anilines is 1. The van der Waals surface area contributed by atoms with Crippen molar-refractivity contribution in [3.05, 3.63) is 35.7 Å². The maximum absolute atomic E-state index is 12.4. The number of amides is 1. The molecule has 0 unspecified atom stereocenters. The molecule has 0 saturated heterocycles. The number of hydrogen-bond donors (Lipinski definition) is 2. The fourth-order valence-corrected chi connectivity index (χ4v) is 1.57. The number of aromatic amines is 1. The zero-order chi connectivity index (χ0) is 16.2. The van der Waals surface area contributed by atoms with Gasteiger partial charge in [0.05, 0.1) is 6.61 Å². The normalized spacial score (nSPS) is 11.3. The van der Waals surface area contributed by atoms with Crippen molar-refractivity contribution in [1.82, 2.24) is 15.2 Å². The van der Waals surface area contributed by atoms with E-state index in [2.05, 4.69) is 15.4 Å². The average Bonchev–Trinajstić information content (AvgIpc) is 2.94. The standard InChI is InChI=1S/C13H13F3N4O2/c1-2-6-22-9-5-3-4-8(7-9)10(21)17-12-18-11(19-20-12)13(14,15)16/h3-5,7H,2,6H2,1H3,(H2,17,18,19,20,21). The summed E-state index contributed by atoms with van der Waals surface area (Å²) in [5, 5.41) is 7.20. The highest BCUT2D eigenvalue weighted by Gasteiger charge is 2.35. The largest absolute Gasteiger partial charge is 0.494 e. The second-order valence-corrected chi connectivity index (χ2v) is 4.34. The van der Waals surface area contributed by atoms with E-state index in [-0.39, 0.29) is 5.56 Å². The Bertz CT molecular complexity index is 655. The van der Waals surface area contributed by atoms with Gasteiger partial charge in [-0.2, -0.15) is 18.2 Å². The van der Waals surface area contributed by atoms with Gasteiger partial charge in [-0.15, -0.1) is 5.10 Å². The molecule has 0 fully saturated rings. The van der Waals surface area contributed by atoms with Gasteiger partial charge in [-0.1, -0.05) is 13.0 Å². The van der Waals surface area contributed by atoms with E-state index in [0.29, 0.717) is 12.4 Å². The lowest BCUT2D eigenvalue weighted by Gasteiger charge is -2.06. The summed E-state index contributed by atoms with van der Waals surface area (Å²) in [4.78, 5) is 15.1. The number of nitrogens with zero attached hydrogens (tertiary/aromatic N) is 2. The Hall–Kier alpha value is -2.58. The van der Waals surface area contributed by atoms with Gasteiger partial charge in [0.2, 0.25) is 11.8 Å². The van der Waals surface area contributed by atoms with Gasteiger partial charge >= 0.3 is 6.18 Å². The molecule has 2 N–H and O–H groups in total. The molecule has 1 aromatic heterocycles. The number of alkyl halides is 3. The predicted octanol–water partition coefficient (Wildman–Crippen LogP) is 2.86. The van der Waals surface area contributed by atoms with Crippen molar-refractivity contribution in [3.8, 4) is 5.75 Å². The summed E-state index contributed by atoms with van der Waals surface area (Å²) in [5.74, 6) is -1.85.